The summed E-state index contributed by atoms with van der Waals surface area (Å²) in [5.41, 5.74) is 1.64. The maximum Gasteiger partial charge on any atom is 0.261 e. The summed E-state index contributed by atoms with van der Waals surface area (Å²) >= 11 is 0. The summed E-state index contributed by atoms with van der Waals surface area (Å²) in [5.74, 6) is 0.553. The van der Waals surface area contributed by atoms with Gasteiger partial charge in [0, 0.05) is 18.5 Å². The SMILES string of the molecule is COc1ccc(OC)c(C(C)NC(=O)CCCN2C(=O)c3ccccc3C2=O)c1. The molecule has 0 aromatic heterocycles. The highest BCUT2D eigenvalue weighted by atomic mass is 16.5. The van der Waals surface area contributed by atoms with Gasteiger partial charge in [-0.1, -0.05) is 12.1 Å². The Bertz CT molecular complexity index is 906. The molecule has 1 atom stereocenters. The molecule has 152 valence electrons. The fraction of sp³-hybridized carbons (Fsp3) is 0.318. The monoisotopic (exact) mass is 396 g/mol. The fourth-order valence-electron chi connectivity index (χ4n) is 3.41. The van der Waals surface area contributed by atoms with Gasteiger partial charge >= 0.3 is 0 Å². The molecule has 2 aromatic rings. The lowest BCUT2D eigenvalue weighted by Crippen LogP contribution is -2.32. The van der Waals surface area contributed by atoms with E-state index in [4.69, 9.17) is 9.47 Å². The Morgan fingerprint density at radius 2 is 1.69 bits per heavy atom. The Morgan fingerprint density at radius 1 is 1.03 bits per heavy atom. The molecule has 0 fully saturated rings. The van der Waals surface area contributed by atoms with E-state index in [9.17, 15) is 14.4 Å². The van der Waals surface area contributed by atoms with E-state index in [0.717, 1.165) is 5.56 Å². The minimum Gasteiger partial charge on any atom is -0.497 e. The van der Waals surface area contributed by atoms with Crippen LogP contribution in [-0.2, 0) is 4.79 Å². The van der Waals surface area contributed by atoms with Gasteiger partial charge in [0.15, 0.2) is 0 Å². The largest absolute Gasteiger partial charge is 0.497 e. The van der Waals surface area contributed by atoms with Gasteiger partial charge in [0.05, 0.1) is 31.4 Å². The molecule has 1 heterocycles. The summed E-state index contributed by atoms with van der Waals surface area (Å²) < 4.78 is 10.6. The van der Waals surface area contributed by atoms with Gasteiger partial charge in [0.25, 0.3) is 11.8 Å². The van der Waals surface area contributed by atoms with Gasteiger partial charge in [-0.3, -0.25) is 19.3 Å². The van der Waals surface area contributed by atoms with Crippen molar-refractivity contribution in [2.75, 3.05) is 20.8 Å². The van der Waals surface area contributed by atoms with Crippen LogP contribution in [0.2, 0.25) is 0 Å². The van der Waals surface area contributed by atoms with E-state index in [-0.39, 0.29) is 36.7 Å². The lowest BCUT2D eigenvalue weighted by molar-refractivity contribution is -0.121. The summed E-state index contributed by atoms with van der Waals surface area (Å²) in [7, 11) is 3.15. The van der Waals surface area contributed by atoms with Crippen molar-refractivity contribution in [1.29, 1.82) is 0 Å². The standard InChI is InChI=1S/C22H24N2O5/c1-14(18-13-15(28-2)10-11-19(18)29-3)23-20(25)9-6-12-24-21(26)16-7-4-5-8-17(16)22(24)27/h4-5,7-8,10-11,13-14H,6,9,12H2,1-3H3,(H,23,25). The first-order valence-corrected chi connectivity index (χ1v) is 9.42. The number of ether oxygens (including phenoxy) is 2. The van der Waals surface area contributed by atoms with Gasteiger partial charge in [0.1, 0.15) is 11.5 Å². The Labute approximate surface area is 169 Å². The van der Waals surface area contributed by atoms with Crippen molar-refractivity contribution in [3.8, 4) is 11.5 Å². The number of fused-ring (bicyclic) bond motifs is 1. The first kappa shape index (κ1) is 20.4. The van der Waals surface area contributed by atoms with Crippen LogP contribution in [0.15, 0.2) is 42.5 Å². The van der Waals surface area contributed by atoms with Crippen molar-refractivity contribution < 1.29 is 23.9 Å². The lowest BCUT2D eigenvalue weighted by atomic mass is 10.1. The van der Waals surface area contributed by atoms with Crippen LogP contribution in [0.5, 0.6) is 11.5 Å². The molecule has 0 bridgehead atoms. The number of amides is 3. The normalized spacial score (nSPS) is 13.8. The molecular weight excluding hydrogens is 372 g/mol. The number of hydrogen-bond acceptors (Lipinski definition) is 5. The molecule has 3 amide bonds. The van der Waals surface area contributed by atoms with E-state index in [1.807, 2.05) is 13.0 Å². The minimum absolute atomic E-state index is 0.168. The van der Waals surface area contributed by atoms with Crippen LogP contribution < -0.4 is 14.8 Å². The summed E-state index contributed by atoms with van der Waals surface area (Å²) in [4.78, 5) is 38.3. The van der Waals surface area contributed by atoms with E-state index < -0.39 is 0 Å². The molecule has 29 heavy (non-hydrogen) atoms. The third-order valence-corrected chi connectivity index (χ3v) is 4.94. The van der Waals surface area contributed by atoms with Crippen molar-refractivity contribution in [2.45, 2.75) is 25.8 Å². The Kier molecular flexibility index (Phi) is 6.16. The van der Waals surface area contributed by atoms with E-state index in [0.29, 0.717) is 29.0 Å². The molecule has 0 aliphatic carbocycles. The number of carbonyl (C=O) groups excluding carboxylic acids is 3. The zero-order chi connectivity index (χ0) is 21.0. The topological polar surface area (TPSA) is 84.9 Å². The maximum atomic E-state index is 12.4. The van der Waals surface area contributed by atoms with Crippen LogP contribution in [0.25, 0.3) is 0 Å². The fourth-order valence-corrected chi connectivity index (χ4v) is 3.41. The molecule has 0 spiro atoms. The zero-order valence-electron chi connectivity index (χ0n) is 16.7. The van der Waals surface area contributed by atoms with Gasteiger partial charge in [-0.05, 0) is 43.7 Å². The summed E-state index contributed by atoms with van der Waals surface area (Å²) in [5, 5.41) is 2.92. The second-order valence-electron chi connectivity index (χ2n) is 6.81. The molecule has 1 aliphatic heterocycles. The molecular formula is C22H24N2O5. The number of imide groups is 1. The number of hydrogen-bond donors (Lipinski definition) is 1. The Morgan fingerprint density at radius 3 is 2.28 bits per heavy atom. The molecule has 2 aromatic carbocycles. The second-order valence-corrected chi connectivity index (χ2v) is 6.81. The third kappa shape index (κ3) is 4.23. The number of benzene rings is 2. The zero-order valence-corrected chi connectivity index (χ0v) is 16.7. The van der Waals surface area contributed by atoms with Crippen molar-refractivity contribution in [3.05, 3.63) is 59.2 Å². The second kappa shape index (κ2) is 8.77. The van der Waals surface area contributed by atoms with Crippen LogP contribution in [-0.4, -0.2) is 43.4 Å². The number of carbonyl (C=O) groups is 3. The third-order valence-electron chi connectivity index (χ3n) is 4.94. The average molecular weight is 396 g/mol. The molecule has 0 radical (unpaired) electrons. The Balaban J connectivity index is 1.55. The van der Waals surface area contributed by atoms with Gasteiger partial charge in [0.2, 0.25) is 5.91 Å². The van der Waals surface area contributed by atoms with Gasteiger partial charge in [-0.25, -0.2) is 0 Å². The van der Waals surface area contributed by atoms with E-state index in [2.05, 4.69) is 5.32 Å². The summed E-state index contributed by atoms with van der Waals surface area (Å²) in [6.07, 6.45) is 0.587. The van der Waals surface area contributed by atoms with Gasteiger partial charge < -0.3 is 14.8 Å². The maximum absolute atomic E-state index is 12.4. The molecule has 7 heteroatoms. The quantitative estimate of drug-likeness (QED) is 0.694. The number of nitrogens with one attached hydrogen (secondary N) is 1. The molecule has 0 saturated carbocycles. The van der Waals surface area contributed by atoms with Gasteiger partial charge in [-0.2, -0.15) is 0 Å². The van der Waals surface area contributed by atoms with E-state index in [1.54, 1.807) is 50.6 Å². The highest BCUT2D eigenvalue weighted by molar-refractivity contribution is 6.21. The van der Waals surface area contributed by atoms with Crippen LogP contribution in [0.1, 0.15) is 52.1 Å². The van der Waals surface area contributed by atoms with Crippen LogP contribution in [0.4, 0.5) is 0 Å². The average Bonchev–Trinajstić information content (AvgIpc) is 2.98. The van der Waals surface area contributed by atoms with Crippen LogP contribution >= 0.6 is 0 Å². The lowest BCUT2D eigenvalue weighted by Gasteiger charge is -2.19. The first-order valence-electron chi connectivity index (χ1n) is 9.42. The predicted octanol–water partition coefficient (Wildman–Crippen LogP) is 2.96. The van der Waals surface area contributed by atoms with Crippen LogP contribution in [0.3, 0.4) is 0 Å². The molecule has 3 rings (SSSR count). The molecule has 7 nitrogen and oxygen atoms in total. The van der Waals surface area contributed by atoms with E-state index in [1.165, 1.54) is 4.90 Å². The van der Waals surface area contributed by atoms with Crippen molar-refractivity contribution >= 4 is 17.7 Å². The van der Waals surface area contributed by atoms with E-state index >= 15 is 0 Å². The van der Waals surface area contributed by atoms with Crippen molar-refractivity contribution in [2.24, 2.45) is 0 Å². The van der Waals surface area contributed by atoms with Crippen molar-refractivity contribution in [3.63, 3.8) is 0 Å². The number of rotatable bonds is 8. The summed E-state index contributed by atoms with van der Waals surface area (Å²) in [6.45, 7) is 2.07. The molecule has 1 N–H and O–H groups in total. The first-order chi connectivity index (χ1) is 14.0. The molecule has 0 saturated heterocycles. The van der Waals surface area contributed by atoms with Gasteiger partial charge in [-0.15, -0.1) is 0 Å². The molecule has 1 unspecified atom stereocenters. The highest BCUT2D eigenvalue weighted by Gasteiger charge is 2.34. The van der Waals surface area contributed by atoms with Crippen molar-refractivity contribution in [1.82, 2.24) is 10.2 Å². The number of methoxy groups -OCH3 is 2. The predicted molar refractivity (Wildman–Crippen MR) is 107 cm³/mol. The minimum atomic E-state index is -0.305. The Hall–Kier alpha value is -3.35. The molecule has 1 aliphatic rings. The number of nitrogens with zero attached hydrogens (tertiary/aromatic N) is 1. The summed E-state index contributed by atoms with van der Waals surface area (Å²) in [6, 6.07) is 11.9. The smallest absolute Gasteiger partial charge is 0.261 e. The van der Waals surface area contributed by atoms with Crippen LogP contribution in [0, 0.1) is 0 Å². The highest BCUT2D eigenvalue weighted by Crippen LogP contribution is 2.29.